The van der Waals surface area contributed by atoms with Gasteiger partial charge in [0.05, 0.1) is 0 Å². The molecule has 0 heterocycles. The van der Waals surface area contributed by atoms with Gasteiger partial charge in [0.1, 0.15) is 17.3 Å². The molecule has 0 saturated carbocycles. The van der Waals surface area contributed by atoms with Crippen molar-refractivity contribution in [3.8, 4) is 11.5 Å². The van der Waals surface area contributed by atoms with Crippen molar-refractivity contribution in [3.63, 3.8) is 0 Å². The van der Waals surface area contributed by atoms with Gasteiger partial charge in [-0.2, -0.15) is 0 Å². The first-order valence-corrected chi connectivity index (χ1v) is 7.22. The summed E-state index contributed by atoms with van der Waals surface area (Å²) >= 11 is 0. The molecule has 0 aliphatic carbocycles. The van der Waals surface area contributed by atoms with Gasteiger partial charge in [-0.05, 0) is 49.1 Å². The fourth-order valence-electron chi connectivity index (χ4n) is 2.25. The zero-order valence-corrected chi connectivity index (χ0v) is 13.0. The van der Waals surface area contributed by atoms with Crippen molar-refractivity contribution in [3.05, 3.63) is 58.9 Å². The van der Waals surface area contributed by atoms with Crippen LogP contribution in [0.1, 0.15) is 49.4 Å². The van der Waals surface area contributed by atoms with Crippen molar-refractivity contribution in [1.29, 1.82) is 0 Å². The molecule has 1 atom stereocenters. The van der Waals surface area contributed by atoms with Crippen LogP contribution in [-0.2, 0) is 0 Å². The Morgan fingerprint density at radius 3 is 2.38 bits per heavy atom. The molecule has 2 rings (SSSR count). The SMILES string of the molecule is Cc1ccc(C(C)C)cc1Oc1cccc(F)c1[C@H](C)N. The average molecular weight is 287 g/mol. The summed E-state index contributed by atoms with van der Waals surface area (Å²) in [4.78, 5) is 0. The molecule has 0 radical (unpaired) electrons. The molecule has 0 aromatic heterocycles. The molecule has 21 heavy (non-hydrogen) atoms. The molecule has 112 valence electrons. The van der Waals surface area contributed by atoms with Crippen LogP contribution < -0.4 is 10.5 Å². The molecule has 0 saturated heterocycles. The molecule has 2 aromatic carbocycles. The van der Waals surface area contributed by atoms with Crippen molar-refractivity contribution >= 4 is 0 Å². The molecular weight excluding hydrogens is 265 g/mol. The van der Waals surface area contributed by atoms with Crippen LogP contribution >= 0.6 is 0 Å². The third kappa shape index (κ3) is 3.42. The first-order valence-electron chi connectivity index (χ1n) is 7.22. The van der Waals surface area contributed by atoms with E-state index in [4.69, 9.17) is 10.5 Å². The number of aryl methyl sites for hydroxylation is 1. The lowest BCUT2D eigenvalue weighted by molar-refractivity contribution is 0.457. The van der Waals surface area contributed by atoms with Crippen LogP contribution in [0.2, 0.25) is 0 Å². The molecule has 2 nitrogen and oxygen atoms in total. The van der Waals surface area contributed by atoms with Crippen molar-refractivity contribution in [1.82, 2.24) is 0 Å². The molecule has 0 aliphatic rings. The van der Waals surface area contributed by atoms with E-state index in [9.17, 15) is 4.39 Å². The van der Waals surface area contributed by atoms with E-state index in [-0.39, 0.29) is 5.82 Å². The predicted molar refractivity (Wildman–Crippen MR) is 84.3 cm³/mol. The van der Waals surface area contributed by atoms with Crippen LogP contribution in [0.4, 0.5) is 4.39 Å². The lowest BCUT2D eigenvalue weighted by Crippen LogP contribution is -2.09. The molecule has 0 amide bonds. The second-order valence-corrected chi connectivity index (χ2v) is 5.72. The van der Waals surface area contributed by atoms with Gasteiger partial charge in [0, 0.05) is 11.6 Å². The zero-order valence-electron chi connectivity index (χ0n) is 13.0. The molecule has 3 heteroatoms. The predicted octanol–water partition coefficient (Wildman–Crippen LogP) is 5.07. The Balaban J connectivity index is 2.43. The maximum atomic E-state index is 14.0. The van der Waals surface area contributed by atoms with Gasteiger partial charge < -0.3 is 10.5 Å². The minimum atomic E-state index is -0.421. The van der Waals surface area contributed by atoms with Gasteiger partial charge in [0.2, 0.25) is 0 Å². The lowest BCUT2D eigenvalue weighted by Gasteiger charge is -2.17. The number of halogens is 1. The van der Waals surface area contributed by atoms with Crippen LogP contribution in [0, 0.1) is 12.7 Å². The summed E-state index contributed by atoms with van der Waals surface area (Å²) in [6.45, 7) is 7.99. The van der Waals surface area contributed by atoms with Gasteiger partial charge >= 0.3 is 0 Å². The van der Waals surface area contributed by atoms with Crippen molar-refractivity contribution in [2.45, 2.75) is 39.7 Å². The quantitative estimate of drug-likeness (QED) is 0.852. The van der Waals surface area contributed by atoms with Gasteiger partial charge in [-0.25, -0.2) is 4.39 Å². The van der Waals surface area contributed by atoms with E-state index in [1.54, 1.807) is 19.1 Å². The monoisotopic (exact) mass is 287 g/mol. The maximum absolute atomic E-state index is 14.0. The standard InChI is InChI=1S/C18H22FNO/c1-11(2)14-9-8-12(3)17(10-14)21-16-7-5-6-15(19)18(16)13(4)20/h5-11,13H,20H2,1-4H3/t13-/m0/s1. The first kappa shape index (κ1) is 15.5. The molecule has 0 fully saturated rings. The Kier molecular flexibility index (Phi) is 4.63. The minimum Gasteiger partial charge on any atom is -0.457 e. The van der Waals surface area contributed by atoms with Crippen molar-refractivity contribution in [2.75, 3.05) is 0 Å². The molecule has 0 aliphatic heterocycles. The van der Waals surface area contributed by atoms with E-state index in [2.05, 4.69) is 19.9 Å². The number of nitrogens with two attached hydrogens (primary N) is 1. The van der Waals surface area contributed by atoms with Gasteiger partial charge in [-0.15, -0.1) is 0 Å². The Morgan fingerprint density at radius 1 is 1.05 bits per heavy atom. The normalized spacial score (nSPS) is 12.5. The third-order valence-corrected chi connectivity index (χ3v) is 3.57. The van der Waals surface area contributed by atoms with E-state index in [1.165, 1.54) is 11.6 Å². The largest absolute Gasteiger partial charge is 0.457 e. The second-order valence-electron chi connectivity index (χ2n) is 5.72. The molecule has 0 spiro atoms. The van der Waals surface area contributed by atoms with Crippen LogP contribution in [-0.4, -0.2) is 0 Å². The fraction of sp³-hybridized carbons (Fsp3) is 0.333. The minimum absolute atomic E-state index is 0.333. The molecule has 2 N–H and O–H groups in total. The second kappa shape index (κ2) is 6.27. The van der Waals surface area contributed by atoms with E-state index in [0.29, 0.717) is 17.2 Å². The summed E-state index contributed by atoms with van der Waals surface area (Å²) in [5.41, 5.74) is 8.48. The summed E-state index contributed by atoms with van der Waals surface area (Å²) < 4.78 is 19.9. The van der Waals surface area contributed by atoms with Crippen LogP contribution in [0.5, 0.6) is 11.5 Å². The Morgan fingerprint density at radius 2 is 1.76 bits per heavy atom. The highest BCUT2D eigenvalue weighted by atomic mass is 19.1. The van der Waals surface area contributed by atoms with Crippen molar-refractivity contribution in [2.24, 2.45) is 5.73 Å². The summed E-state index contributed by atoms with van der Waals surface area (Å²) in [6, 6.07) is 10.5. The van der Waals surface area contributed by atoms with E-state index in [1.807, 2.05) is 19.1 Å². The highest BCUT2D eigenvalue weighted by molar-refractivity contribution is 5.44. The van der Waals surface area contributed by atoms with Gasteiger partial charge in [0.15, 0.2) is 0 Å². The molecule has 0 bridgehead atoms. The lowest BCUT2D eigenvalue weighted by atomic mass is 10.0. The first-order chi connectivity index (χ1) is 9.90. The van der Waals surface area contributed by atoms with Gasteiger partial charge in [0.25, 0.3) is 0 Å². The van der Waals surface area contributed by atoms with Crippen LogP contribution in [0.3, 0.4) is 0 Å². The van der Waals surface area contributed by atoms with Gasteiger partial charge in [-0.3, -0.25) is 0 Å². The summed E-state index contributed by atoms with van der Waals surface area (Å²) in [5, 5.41) is 0. The molecular formula is C18H22FNO. The summed E-state index contributed by atoms with van der Waals surface area (Å²) in [5.74, 6) is 1.30. The number of rotatable bonds is 4. The number of ether oxygens (including phenoxy) is 1. The van der Waals surface area contributed by atoms with E-state index >= 15 is 0 Å². The maximum Gasteiger partial charge on any atom is 0.135 e. The van der Waals surface area contributed by atoms with Gasteiger partial charge in [-0.1, -0.05) is 32.0 Å². The summed E-state index contributed by atoms with van der Waals surface area (Å²) in [6.07, 6.45) is 0. The highest BCUT2D eigenvalue weighted by Gasteiger charge is 2.15. The number of hydrogen-bond acceptors (Lipinski definition) is 2. The Bertz CT molecular complexity index is 635. The summed E-state index contributed by atoms with van der Waals surface area (Å²) in [7, 11) is 0. The van der Waals surface area contributed by atoms with E-state index < -0.39 is 6.04 Å². The van der Waals surface area contributed by atoms with Crippen LogP contribution in [0.25, 0.3) is 0 Å². The zero-order chi connectivity index (χ0) is 15.6. The van der Waals surface area contributed by atoms with E-state index in [0.717, 1.165) is 11.3 Å². The molecule has 2 aromatic rings. The molecule has 0 unspecified atom stereocenters. The topological polar surface area (TPSA) is 35.2 Å². The highest BCUT2D eigenvalue weighted by Crippen LogP contribution is 2.33. The third-order valence-electron chi connectivity index (χ3n) is 3.57. The van der Waals surface area contributed by atoms with Crippen LogP contribution in [0.15, 0.2) is 36.4 Å². The fourth-order valence-corrected chi connectivity index (χ4v) is 2.25. The Hall–Kier alpha value is -1.87. The smallest absolute Gasteiger partial charge is 0.135 e. The number of hydrogen-bond donors (Lipinski definition) is 1. The average Bonchev–Trinajstić information content (AvgIpc) is 2.40. The Labute approximate surface area is 125 Å². The van der Waals surface area contributed by atoms with Crippen molar-refractivity contribution < 1.29 is 9.13 Å². The number of benzene rings is 2.